The molecule has 0 saturated heterocycles. The highest BCUT2D eigenvalue weighted by atomic mass is 16.2. The Kier molecular flexibility index (Phi) is 4.48. The number of carbonyl (C=O) groups is 1. The van der Waals surface area contributed by atoms with Crippen molar-refractivity contribution in [2.24, 2.45) is 5.10 Å². The minimum atomic E-state index is -0.196. The molecule has 0 aliphatic heterocycles. The summed E-state index contributed by atoms with van der Waals surface area (Å²) in [6.45, 7) is 2.04. The van der Waals surface area contributed by atoms with Gasteiger partial charge in [0.15, 0.2) is 0 Å². The normalized spacial score (nSPS) is 12.4. The fourth-order valence-electron chi connectivity index (χ4n) is 2.53. The molecule has 0 aliphatic rings. The Morgan fingerprint density at radius 3 is 2.48 bits per heavy atom. The van der Waals surface area contributed by atoms with Crippen LogP contribution in [0.15, 0.2) is 77.9 Å². The van der Waals surface area contributed by atoms with E-state index in [4.69, 9.17) is 0 Å². The lowest BCUT2D eigenvalue weighted by Gasteiger charge is -2.07. The van der Waals surface area contributed by atoms with Crippen molar-refractivity contribution >= 4 is 22.9 Å². The van der Waals surface area contributed by atoms with Crippen LogP contribution in [-0.4, -0.2) is 12.1 Å². The van der Waals surface area contributed by atoms with Gasteiger partial charge in [0.2, 0.25) is 0 Å². The second-order valence-corrected chi connectivity index (χ2v) is 5.45. The Bertz CT molecular complexity index is 835. The molecule has 0 aliphatic carbocycles. The van der Waals surface area contributed by atoms with E-state index in [0.29, 0.717) is 5.56 Å². The summed E-state index contributed by atoms with van der Waals surface area (Å²) in [5.41, 5.74) is 4.42. The highest BCUT2D eigenvalue weighted by Gasteiger charge is 2.08. The monoisotopic (exact) mass is 302 g/mol. The summed E-state index contributed by atoms with van der Waals surface area (Å²) in [6, 6.07) is 23.6. The summed E-state index contributed by atoms with van der Waals surface area (Å²) in [7, 11) is 0. The van der Waals surface area contributed by atoms with Crippen LogP contribution in [-0.2, 0) is 0 Å². The molecular weight excluding hydrogens is 284 g/mol. The average Bonchev–Trinajstić information content (AvgIpc) is 2.61. The summed E-state index contributed by atoms with van der Waals surface area (Å²) in [5.74, 6) is -0.0534. The summed E-state index contributed by atoms with van der Waals surface area (Å²) in [5, 5.41) is 6.08. The van der Waals surface area contributed by atoms with E-state index in [1.165, 1.54) is 0 Å². The maximum atomic E-state index is 12.4. The van der Waals surface area contributed by atoms with Gasteiger partial charge in [-0.05, 0) is 22.4 Å². The molecule has 1 N–H and O–H groups in total. The summed E-state index contributed by atoms with van der Waals surface area (Å²) < 4.78 is 0. The molecule has 3 nitrogen and oxygen atoms in total. The van der Waals surface area contributed by atoms with E-state index < -0.39 is 0 Å². The van der Waals surface area contributed by atoms with Gasteiger partial charge in [0.1, 0.15) is 0 Å². The average molecular weight is 302 g/mol. The van der Waals surface area contributed by atoms with Gasteiger partial charge in [-0.1, -0.05) is 73.7 Å². The second kappa shape index (κ2) is 6.88. The Morgan fingerprint density at radius 2 is 1.65 bits per heavy atom. The second-order valence-electron chi connectivity index (χ2n) is 5.45. The molecular formula is C20H18N2O. The van der Waals surface area contributed by atoms with Crippen molar-refractivity contribution in [1.29, 1.82) is 0 Å². The summed E-state index contributed by atoms with van der Waals surface area (Å²) in [4.78, 5) is 12.4. The molecule has 3 aromatic rings. The lowest BCUT2D eigenvalue weighted by Crippen LogP contribution is -2.18. The van der Waals surface area contributed by atoms with Gasteiger partial charge in [-0.15, -0.1) is 0 Å². The first kappa shape index (κ1) is 15.0. The maximum absolute atomic E-state index is 12.4. The molecule has 0 heterocycles. The molecule has 0 aromatic heterocycles. The standard InChI is InChI=1S/C20H18N2O/c1-15(16-8-3-2-4-9-16)14-21-22-20(23)19-13-7-11-17-10-5-6-12-18(17)19/h2-15H,1H3,(H,22,23)/b21-14-/t15-/m0/s1. The van der Waals surface area contributed by atoms with Gasteiger partial charge in [-0.3, -0.25) is 4.79 Å². The van der Waals surface area contributed by atoms with E-state index in [9.17, 15) is 4.79 Å². The lowest BCUT2D eigenvalue weighted by atomic mass is 10.0. The van der Waals surface area contributed by atoms with Crippen LogP contribution in [0.25, 0.3) is 10.8 Å². The van der Waals surface area contributed by atoms with E-state index in [1.807, 2.05) is 79.7 Å². The number of nitrogens with one attached hydrogen (secondary N) is 1. The number of rotatable bonds is 4. The molecule has 23 heavy (non-hydrogen) atoms. The van der Waals surface area contributed by atoms with Crippen molar-refractivity contribution in [3.8, 4) is 0 Å². The van der Waals surface area contributed by atoms with E-state index in [2.05, 4.69) is 10.5 Å². The molecule has 114 valence electrons. The van der Waals surface area contributed by atoms with Crippen LogP contribution >= 0.6 is 0 Å². The molecule has 1 atom stereocenters. The van der Waals surface area contributed by atoms with Crippen molar-refractivity contribution in [2.75, 3.05) is 0 Å². The molecule has 0 bridgehead atoms. The zero-order valence-electron chi connectivity index (χ0n) is 12.9. The maximum Gasteiger partial charge on any atom is 0.271 e. The molecule has 0 saturated carbocycles. The van der Waals surface area contributed by atoms with E-state index in [-0.39, 0.29) is 11.8 Å². The summed E-state index contributed by atoms with van der Waals surface area (Å²) in [6.07, 6.45) is 1.75. The third-order valence-electron chi connectivity index (χ3n) is 3.82. The van der Waals surface area contributed by atoms with Crippen LogP contribution in [0.3, 0.4) is 0 Å². The number of hydrazone groups is 1. The Labute approximate surface area is 135 Å². The van der Waals surface area contributed by atoms with Gasteiger partial charge in [0.05, 0.1) is 0 Å². The van der Waals surface area contributed by atoms with Crippen LogP contribution in [0.5, 0.6) is 0 Å². The van der Waals surface area contributed by atoms with Gasteiger partial charge in [-0.2, -0.15) is 5.10 Å². The van der Waals surface area contributed by atoms with Crippen LogP contribution in [0, 0.1) is 0 Å². The number of nitrogens with zero attached hydrogens (tertiary/aromatic N) is 1. The SMILES string of the molecule is C[C@@H](/C=N\NC(=O)c1cccc2ccccc12)c1ccccc1. The molecule has 0 unspecified atom stereocenters. The Balaban J connectivity index is 1.73. The van der Waals surface area contributed by atoms with Crippen LogP contribution < -0.4 is 5.43 Å². The van der Waals surface area contributed by atoms with Crippen LogP contribution in [0.1, 0.15) is 28.8 Å². The first-order valence-corrected chi connectivity index (χ1v) is 7.62. The lowest BCUT2D eigenvalue weighted by molar-refractivity contribution is 0.0956. The number of benzene rings is 3. The predicted octanol–water partition coefficient (Wildman–Crippen LogP) is 4.36. The summed E-state index contributed by atoms with van der Waals surface area (Å²) >= 11 is 0. The van der Waals surface area contributed by atoms with E-state index >= 15 is 0 Å². The molecule has 0 spiro atoms. The van der Waals surface area contributed by atoms with E-state index in [1.54, 1.807) is 6.21 Å². The molecule has 0 radical (unpaired) electrons. The quantitative estimate of drug-likeness (QED) is 0.564. The molecule has 3 heteroatoms. The Morgan fingerprint density at radius 1 is 0.957 bits per heavy atom. The van der Waals surface area contributed by atoms with Crippen LogP contribution in [0.4, 0.5) is 0 Å². The van der Waals surface area contributed by atoms with Gasteiger partial charge < -0.3 is 0 Å². The number of hydrogen-bond acceptors (Lipinski definition) is 2. The number of fused-ring (bicyclic) bond motifs is 1. The first-order chi connectivity index (χ1) is 11.3. The smallest absolute Gasteiger partial charge is 0.267 e. The highest BCUT2D eigenvalue weighted by Crippen LogP contribution is 2.18. The number of hydrogen-bond donors (Lipinski definition) is 1. The molecule has 3 aromatic carbocycles. The van der Waals surface area contributed by atoms with Gasteiger partial charge in [-0.25, -0.2) is 5.43 Å². The van der Waals surface area contributed by atoms with Crippen molar-refractivity contribution in [3.05, 3.63) is 83.9 Å². The van der Waals surface area contributed by atoms with Gasteiger partial charge >= 0.3 is 0 Å². The Hall–Kier alpha value is -2.94. The largest absolute Gasteiger partial charge is 0.271 e. The highest BCUT2D eigenvalue weighted by molar-refractivity contribution is 6.07. The fraction of sp³-hybridized carbons (Fsp3) is 0.100. The predicted molar refractivity (Wildman–Crippen MR) is 94.8 cm³/mol. The van der Waals surface area contributed by atoms with Crippen molar-refractivity contribution in [3.63, 3.8) is 0 Å². The zero-order valence-corrected chi connectivity index (χ0v) is 12.9. The number of carbonyl (C=O) groups excluding carboxylic acids is 1. The van der Waals surface area contributed by atoms with Crippen molar-refractivity contribution in [1.82, 2.24) is 5.43 Å². The minimum absolute atomic E-state index is 0.143. The van der Waals surface area contributed by atoms with Crippen molar-refractivity contribution < 1.29 is 4.79 Å². The molecule has 3 rings (SSSR count). The topological polar surface area (TPSA) is 41.5 Å². The van der Waals surface area contributed by atoms with Crippen LogP contribution in [0.2, 0.25) is 0 Å². The molecule has 1 amide bonds. The third-order valence-corrected chi connectivity index (χ3v) is 3.82. The molecule has 0 fully saturated rings. The van der Waals surface area contributed by atoms with E-state index in [0.717, 1.165) is 16.3 Å². The minimum Gasteiger partial charge on any atom is -0.267 e. The third kappa shape index (κ3) is 3.46. The number of amides is 1. The van der Waals surface area contributed by atoms with Crippen molar-refractivity contribution in [2.45, 2.75) is 12.8 Å². The first-order valence-electron chi connectivity index (χ1n) is 7.62. The van der Waals surface area contributed by atoms with Gasteiger partial charge in [0.25, 0.3) is 5.91 Å². The zero-order chi connectivity index (χ0) is 16.1. The fourth-order valence-corrected chi connectivity index (χ4v) is 2.53. The van der Waals surface area contributed by atoms with Gasteiger partial charge in [0, 0.05) is 17.7 Å².